The van der Waals surface area contributed by atoms with Crippen molar-refractivity contribution >= 4 is 58.2 Å². The average molecular weight is 505 g/mol. The van der Waals surface area contributed by atoms with Crippen LogP contribution in [-0.4, -0.2) is 45.9 Å². The number of nitrogens with one attached hydrogen (secondary N) is 2. The van der Waals surface area contributed by atoms with E-state index < -0.39 is 5.25 Å². The fraction of sp³-hybridized carbons (Fsp3) is 0.273. The van der Waals surface area contributed by atoms with Crippen LogP contribution in [0.25, 0.3) is 0 Å². The molecule has 0 saturated carbocycles. The van der Waals surface area contributed by atoms with E-state index in [1.54, 1.807) is 69.7 Å². The first-order valence-electron chi connectivity index (χ1n) is 9.94. The van der Waals surface area contributed by atoms with Crippen molar-refractivity contribution in [3.63, 3.8) is 0 Å². The summed E-state index contributed by atoms with van der Waals surface area (Å²) in [5, 5.41) is 5.48. The second-order valence-electron chi connectivity index (χ2n) is 6.80. The summed E-state index contributed by atoms with van der Waals surface area (Å²) in [6.45, 7) is 3.60. The molecule has 0 saturated heterocycles. The van der Waals surface area contributed by atoms with Gasteiger partial charge in [0.15, 0.2) is 4.34 Å². The first-order chi connectivity index (χ1) is 15.9. The summed E-state index contributed by atoms with van der Waals surface area (Å²) in [7, 11) is 3.18. The highest BCUT2D eigenvalue weighted by molar-refractivity contribution is 8.02. The minimum absolute atomic E-state index is 0.137. The summed E-state index contributed by atoms with van der Waals surface area (Å²) in [6, 6.07) is 14.3. The molecule has 0 radical (unpaired) electrons. The smallest absolute Gasteiger partial charge is 0.237 e. The zero-order valence-corrected chi connectivity index (χ0v) is 21.0. The van der Waals surface area contributed by atoms with E-state index in [2.05, 4.69) is 20.0 Å². The lowest BCUT2D eigenvalue weighted by molar-refractivity contribution is -0.116. The Balaban J connectivity index is 1.49. The number of amides is 2. The topological polar surface area (TPSA) is 102 Å². The molecule has 174 valence electrons. The Bertz CT molecular complexity index is 990. The zero-order valence-electron chi connectivity index (χ0n) is 18.5. The van der Waals surface area contributed by atoms with E-state index in [4.69, 9.17) is 9.47 Å². The van der Waals surface area contributed by atoms with Gasteiger partial charge in [0.1, 0.15) is 11.5 Å². The molecule has 0 bridgehead atoms. The molecule has 33 heavy (non-hydrogen) atoms. The van der Waals surface area contributed by atoms with Gasteiger partial charge >= 0.3 is 0 Å². The molecule has 0 unspecified atom stereocenters. The number of carbonyl (C=O) groups excluding carboxylic acids is 2. The maximum atomic E-state index is 12.5. The highest BCUT2D eigenvalue weighted by Gasteiger charge is 2.20. The van der Waals surface area contributed by atoms with E-state index in [0.717, 1.165) is 11.5 Å². The fourth-order valence-electron chi connectivity index (χ4n) is 2.55. The highest BCUT2D eigenvalue weighted by Crippen LogP contribution is 2.30. The Hall–Kier alpha value is -2.76. The van der Waals surface area contributed by atoms with Crippen LogP contribution in [0, 0.1) is 0 Å². The van der Waals surface area contributed by atoms with Gasteiger partial charge in [0.2, 0.25) is 17.0 Å². The van der Waals surface area contributed by atoms with Gasteiger partial charge in [-0.25, -0.2) is 4.98 Å². The van der Waals surface area contributed by atoms with Crippen LogP contribution >= 0.6 is 35.1 Å². The molecule has 1 aromatic heterocycles. The molecule has 0 aliphatic heterocycles. The maximum absolute atomic E-state index is 12.5. The Kier molecular flexibility index (Phi) is 8.98. The molecule has 2 aromatic carbocycles. The molecule has 0 aliphatic carbocycles. The lowest BCUT2D eigenvalue weighted by atomic mass is 10.3. The van der Waals surface area contributed by atoms with Crippen LogP contribution in [0.2, 0.25) is 0 Å². The van der Waals surface area contributed by atoms with E-state index in [1.165, 1.54) is 35.1 Å². The van der Waals surface area contributed by atoms with Crippen LogP contribution in [0.5, 0.6) is 11.5 Å². The van der Waals surface area contributed by atoms with Gasteiger partial charge in [0.05, 0.1) is 24.7 Å². The molecule has 1 heterocycles. The lowest BCUT2D eigenvalue weighted by Gasteiger charge is -2.11. The van der Waals surface area contributed by atoms with E-state index >= 15 is 0 Å². The third-order valence-electron chi connectivity index (χ3n) is 4.40. The van der Waals surface area contributed by atoms with Crippen LogP contribution in [0.1, 0.15) is 13.8 Å². The van der Waals surface area contributed by atoms with Crippen LogP contribution in [0.4, 0.5) is 11.4 Å². The molecule has 0 fully saturated rings. The quantitative estimate of drug-likeness (QED) is 0.380. The first kappa shape index (κ1) is 24.9. The molecule has 2 atom stereocenters. The summed E-state index contributed by atoms with van der Waals surface area (Å²) in [5.74, 6) is 1.16. The summed E-state index contributed by atoms with van der Waals surface area (Å²) in [4.78, 5) is 29.4. The molecule has 2 N–H and O–H groups in total. The Morgan fingerprint density at radius 1 is 0.818 bits per heavy atom. The predicted octanol–water partition coefficient (Wildman–Crippen LogP) is 4.79. The predicted molar refractivity (Wildman–Crippen MR) is 134 cm³/mol. The molecule has 11 heteroatoms. The normalized spacial score (nSPS) is 12.5. The fourth-order valence-corrected chi connectivity index (χ4v) is 5.22. The Morgan fingerprint density at radius 3 is 1.73 bits per heavy atom. The number of carbonyl (C=O) groups is 2. The van der Waals surface area contributed by atoms with Crippen LogP contribution < -0.4 is 20.1 Å². The van der Waals surface area contributed by atoms with Gasteiger partial charge in [-0.1, -0.05) is 23.5 Å². The molecule has 0 spiro atoms. The molecule has 0 aliphatic rings. The van der Waals surface area contributed by atoms with E-state index in [9.17, 15) is 9.59 Å². The van der Waals surface area contributed by atoms with Gasteiger partial charge in [-0.3, -0.25) is 9.59 Å². The standard InChI is InChI=1S/C22H24N4O4S3/c1-13(19(27)23-15-5-9-17(29-3)10-6-15)31-21-25-22(33-26-21)32-14(2)20(28)24-16-7-11-18(30-4)12-8-16/h5-14H,1-4H3,(H,23,27)(H,24,28)/t13-,14+/m1/s1. The van der Waals surface area contributed by atoms with Crippen molar-refractivity contribution < 1.29 is 19.1 Å². The molecular formula is C22H24N4O4S3. The number of hydrogen-bond donors (Lipinski definition) is 2. The highest BCUT2D eigenvalue weighted by atomic mass is 32.2. The summed E-state index contributed by atoms with van der Waals surface area (Å²) < 4.78 is 15.2. The monoisotopic (exact) mass is 504 g/mol. The van der Waals surface area contributed by atoms with Crippen molar-refractivity contribution in [2.24, 2.45) is 0 Å². The maximum Gasteiger partial charge on any atom is 0.237 e. The Labute approximate surface area is 205 Å². The third kappa shape index (κ3) is 7.37. The number of aromatic nitrogens is 2. The Morgan fingerprint density at radius 2 is 1.27 bits per heavy atom. The number of benzene rings is 2. The number of ether oxygens (including phenoxy) is 2. The molecule has 2 amide bonds. The van der Waals surface area contributed by atoms with Crippen molar-refractivity contribution in [3.05, 3.63) is 48.5 Å². The van der Waals surface area contributed by atoms with Gasteiger partial charge < -0.3 is 20.1 Å². The van der Waals surface area contributed by atoms with Crippen LogP contribution in [0.15, 0.2) is 58.0 Å². The molecule has 8 nitrogen and oxygen atoms in total. The minimum Gasteiger partial charge on any atom is -0.497 e. The van der Waals surface area contributed by atoms with E-state index in [-0.39, 0.29) is 17.1 Å². The van der Waals surface area contributed by atoms with E-state index in [1.807, 2.05) is 6.92 Å². The van der Waals surface area contributed by atoms with Gasteiger partial charge in [0, 0.05) is 11.4 Å². The number of nitrogens with zero attached hydrogens (tertiary/aromatic N) is 2. The number of anilines is 2. The summed E-state index contributed by atoms with van der Waals surface area (Å²) in [5.41, 5.74) is 1.38. The SMILES string of the molecule is COc1ccc(NC(=O)[C@H](C)Sc2nc(S[C@H](C)C(=O)Nc3ccc(OC)cc3)ns2)cc1. The lowest BCUT2D eigenvalue weighted by Crippen LogP contribution is -2.22. The number of rotatable bonds is 10. The first-order valence-corrected chi connectivity index (χ1v) is 12.5. The van der Waals surface area contributed by atoms with Gasteiger partial charge in [0.25, 0.3) is 0 Å². The molecular weight excluding hydrogens is 480 g/mol. The molecule has 3 aromatic rings. The van der Waals surface area contributed by atoms with Crippen molar-refractivity contribution in [1.82, 2.24) is 9.36 Å². The van der Waals surface area contributed by atoms with E-state index in [0.29, 0.717) is 20.9 Å². The summed E-state index contributed by atoms with van der Waals surface area (Å²) >= 11 is 3.80. The largest absolute Gasteiger partial charge is 0.497 e. The zero-order chi connectivity index (χ0) is 23.8. The second kappa shape index (κ2) is 11.9. The molecule has 3 rings (SSSR count). The van der Waals surface area contributed by atoms with Gasteiger partial charge in [-0.2, -0.15) is 4.37 Å². The van der Waals surface area contributed by atoms with Crippen LogP contribution in [0.3, 0.4) is 0 Å². The average Bonchev–Trinajstić information content (AvgIpc) is 3.26. The second-order valence-corrected chi connectivity index (χ2v) is 10.4. The minimum atomic E-state index is -0.393. The van der Waals surface area contributed by atoms with Crippen molar-refractivity contribution in [2.75, 3.05) is 24.9 Å². The van der Waals surface area contributed by atoms with Gasteiger partial charge in [-0.05, 0) is 73.9 Å². The summed E-state index contributed by atoms with van der Waals surface area (Å²) in [6.07, 6.45) is 0. The van der Waals surface area contributed by atoms with Crippen molar-refractivity contribution in [1.29, 1.82) is 0 Å². The number of methoxy groups -OCH3 is 2. The van der Waals surface area contributed by atoms with Crippen molar-refractivity contribution in [2.45, 2.75) is 33.8 Å². The van der Waals surface area contributed by atoms with Crippen molar-refractivity contribution in [3.8, 4) is 11.5 Å². The number of thioether (sulfide) groups is 2. The van der Waals surface area contributed by atoms with Crippen LogP contribution in [-0.2, 0) is 9.59 Å². The van der Waals surface area contributed by atoms with Gasteiger partial charge in [-0.15, -0.1) is 0 Å². The third-order valence-corrected chi connectivity index (χ3v) is 7.36. The number of hydrogen-bond acceptors (Lipinski definition) is 9.